The Balaban J connectivity index is 1.55. The summed E-state index contributed by atoms with van der Waals surface area (Å²) in [5.41, 5.74) is 1.14. The van der Waals surface area contributed by atoms with Crippen LogP contribution >= 0.6 is 0 Å². The smallest absolute Gasteiger partial charge is 0.0897 e. The fourth-order valence-corrected chi connectivity index (χ4v) is 2.37. The van der Waals surface area contributed by atoms with E-state index in [4.69, 9.17) is 4.74 Å². The zero-order valence-corrected chi connectivity index (χ0v) is 11.7. The Morgan fingerprint density at radius 2 is 2.05 bits per heavy atom. The largest absolute Gasteiger partial charge is 0.389 e. The van der Waals surface area contributed by atoms with E-state index in [0.29, 0.717) is 25.8 Å². The number of ether oxygens (including phenoxy) is 1. The van der Waals surface area contributed by atoms with Crippen molar-refractivity contribution in [3.63, 3.8) is 0 Å². The lowest BCUT2D eigenvalue weighted by molar-refractivity contribution is 0.0260. The van der Waals surface area contributed by atoms with Gasteiger partial charge < -0.3 is 15.2 Å². The molecule has 106 valence electrons. The highest BCUT2D eigenvalue weighted by molar-refractivity contribution is 5.13. The van der Waals surface area contributed by atoms with E-state index in [1.807, 2.05) is 30.3 Å². The Morgan fingerprint density at radius 3 is 2.68 bits per heavy atom. The van der Waals surface area contributed by atoms with Crippen LogP contribution in [0.5, 0.6) is 0 Å². The Morgan fingerprint density at radius 1 is 1.32 bits per heavy atom. The highest BCUT2D eigenvalue weighted by Gasteiger charge is 2.23. The van der Waals surface area contributed by atoms with Crippen LogP contribution in [-0.2, 0) is 11.3 Å². The quantitative estimate of drug-likeness (QED) is 0.756. The van der Waals surface area contributed by atoms with Gasteiger partial charge in [0.2, 0.25) is 0 Å². The van der Waals surface area contributed by atoms with E-state index in [9.17, 15) is 5.11 Å². The summed E-state index contributed by atoms with van der Waals surface area (Å²) >= 11 is 0. The lowest BCUT2D eigenvalue weighted by Gasteiger charge is -2.32. The van der Waals surface area contributed by atoms with Crippen molar-refractivity contribution in [2.24, 2.45) is 5.92 Å². The molecule has 0 amide bonds. The third-order valence-electron chi connectivity index (χ3n) is 3.95. The zero-order valence-electron chi connectivity index (χ0n) is 11.7. The Bertz CT molecular complexity index is 351. The molecule has 0 aliphatic heterocycles. The number of aliphatic hydroxyl groups excluding tert-OH is 1. The van der Waals surface area contributed by atoms with Crippen LogP contribution in [0.15, 0.2) is 30.3 Å². The van der Waals surface area contributed by atoms with Gasteiger partial charge in [-0.25, -0.2) is 0 Å². The third-order valence-corrected chi connectivity index (χ3v) is 3.95. The van der Waals surface area contributed by atoms with Gasteiger partial charge in [0.1, 0.15) is 0 Å². The van der Waals surface area contributed by atoms with Gasteiger partial charge in [-0.2, -0.15) is 0 Å². The summed E-state index contributed by atoms with van der Waals surface area (Å²) in [7, 11) is 0. The molecule has 0 bridgehead atoms. The first-order valence-corrected chi connectivity index (χ1v) is 7.29. The highest BCUT2D eigenvalue weighted by Crippen LogP contribution is 2.29. The van der Waals surface area contributed by atoms with Gasteiger partial charge in [-0.1, -0.05) is 36.8 Å². The van der Waals surface area contributed by atoms with Gasteiger partial charge in [-0.15, -0.1) is 0 Å². The topological polar surface area (TPSA) is 41.5 Å². The van der Waals surface area contributed by atoms with Crippen LogP contribution in [0, 0.1) is 5.92 Å². The van der Waals surface area contributed by atoms with Crippen molar-refractivity contribution in [1.29, 1.82) is 0 Å². The average molecular weight is 263 g/mol. The molecule has 1 saturated carbocycles. The number of hydrogen-bond donors (Lipinski definition) is 2. The van der Waals surface area contributed by atoms with Gasteiger partial charge in [-0.3, -0.25) is 0 Å². The summed E-state index contributed by atoms with van der Waals surface area (Å²) in [6.45, 7) is 3.78. The third kappa shape index (κ3) is 4.94. The van der Waals surface area contributed by atoms with Gasteiger partial charge in [0.05, 0.1) is 19.3 Å². The normalized spacial score (nSPS) is 18.8. The number of nitrogens with one attached hydrogen (secondary N) is 1. The van der Waals surface area contributed by atoms with E-state index in [0.717, 1.165) is 11.5 Å². The fraction of sp³-hybridized carbons (Fsp3) is 0.625. The van der Waals surface area contributed by atoms with Crippen molar-refractivity contribution >= 4 is 0 Å². The van der Waals surface area contributed by atoms with Gasteiger partial charge >= 0.3 is 0 Å². The number of aliphatic hydroxyl groups is 1. The maximum absolute atomic E-state index is 9.86. The van der Waals surface area contributed by atoms with Crippen molar-refractivity contribution in [3.05, 3.63) is 35.9 Å². The van der Waals surface area contributed by atoms with Crippen molar-refractivity contribution in [2.45, 2.75) is 44.9 Å². The molecule has 3 nitrogen and oxygen atoms in total. The van der Waals surface area contributed by atoms with Crippen LogP contribution in [0.4, 0.5) is 0 Å². The number of hydrogen-bond acceptors (Lipinski definition) is 3. The minimum atomic E-state index is -0.425. The summed E-state index contributed by atoms with van der Waals surface area (Å²) in [4.78, 5) is 0. The van der Waals surface area contributed by atoms with E-state index in [2.05, 4.69) is 12.2 Å². The second-order valence-electron chi connectivity index (χ2n) is 5.54. The summed E-state index contributed by atoms with van der Waals surface area (Å²) in [5, 5.41) is 13.3. The standard InChI is InChI=1S/C16H25NO2/c1-13(15-8-5-9-15)17-10-16(18)12-19-11-14-6-3-2-4-7-14/h2-4,6-7,13,15-18H,5,8-12H2,1H3. The molecule has 0 spiro atoms. The van der Waals surface area contributed by atoms with Gasteiger partial charge in [0.15, 0.2) is 0 Å². The molecular weight excluding hydrogens is 238 g/mol. The van der Waals surface area contributed by atoms with Gasteiger partial charge in [0.25, 0.3) is 0 Å². The molecule has 2 unspecified atom stereocenters. The Hall–Kier alpha value is -0.900. The Labute approximate surface area is 116 Å². The first-order chi connectivity index (χ1) is 9.25. The van der Waals surface area contributed by atoms with Gasteiger partial charge in [0, 0.05) is 12.6 Å². The molecule has 0 radical (unpaired) electrons. The maximum Gasteiger partial charge on any atom is 0.0897 e. The average Bonchev–Trinajstić information content (AvgIpc) is 2.36. The number of benzene rings is 1. The molecule has 0 aromatic heterocycles. The van der Waals surface area contributed by atoms with Crippen LogP contribution < -0.4 is 5.32 Å². The first-order valence-electron chi connectivity index (χ1n) is 7.29. The molecule has 1 aromatic carbocycles. The summed E-state index contributed by atoms with van der Waals surface area (Å²) < 4.78 is 5.52. The molecule has 0 saturated heterocycles. The van der Waals surface area contributed by atoms with Crippen molar-refractivity contribution in [3.8, 4) is 0 Å². The molecule has 3 heteroatoms. The predicted octanol–water partition coefficient (Wildman–Crippen LogP) is 2.34. The molecule has 19 heavy (non-hydrogen) atoms. The monoisotopic (exact) mass is 263 g/mol. The van der Waals surface area contributed by atoms with Crippen LogP contribution in [0.25, 0.3) is 0 Å². The van der Waals surface area contributed by atoms with Crippen molar-refractivity contribution in [2.75, 3.05) is 13.2 Å². The fourth-order valence-electron chi connectivity index (χ4n) is 2.37. The molecule has 1 aliphatic carbocycles. The Kier molecular flexibility index (Phi) is 5.83. The van der Waals surface area contributed by atoms with Crippen molar-refractivity contribution < 1.29 is 9.84 Å². The van der Waals surface area contributed by atoms with Gasteiger partial charge in [-0.05, 0) is 31.2 Å². The van der Waals surface area contributed by atoms with Crippen LogP contribution in [0.1, 0.15) is 31.7 Å². The summed E-state index contributed by atoms with van der Waals surface area (Å²) in [5.74, 6) is 0.803. The zero-order chi connectivity index (χ0) is 13.5. The van der Waals surface area contributed by atoms with Crippen molar-refractivity contribution in [1.82, 2.24) is 5.32 Å². The van der Waals surface area contributed by atoms with E-state index in [1.54, 1.807) is 0 Å². The highest BCUT2D eigenvalue weighted by atomic mass is 16.5. The van der Waals surface area contributed by atoms with Crippen LogP contribution in [0.3, 0.4) is 0 Å². The minimum Gasteiger partial charge on any atom is -0.389 e. The van der Waals surface area contributed by atoms with Crippen LogP contribution in [-0.4, -0.2) is 30.4 Å². The van der Waals surface area contributed by atoms with Crippen LogP contribution in [0.2, 0.25) is 0 Å². The molecule has 2 N–H and O–H groups in total. The molecule has 1 fully saturated rings. The molecule has 1 aromatic rings. The van der Waals surface area contributed by atoms with E-state index in [-0.39, 0.29) is 0 Å². The van der Waals surface area contributed by atoms with E-state index in [1.165, 1.54) is 19.3 Å². The lowest BCUT2D eigenvalue weighted by Crippen LogP contribution is -2.41. The second kappa shape index (κ2) is 7.63. The number of rotatable bonds is 8. The summed E-state index contributed by atoms with van der Waals surface area (Å²) in [6.07, 6.45) is 3.59. The molecule has 1 aliphatic rings. The molecule has 2 rings (SSSR count). The second-order valence-corrected chi connectivity index (χ2v) is 5.54. The van der Waals surface area contributed by atoms with E-state index >= 15 is 0 Å². The first kappa shape index (κ1) is 14.5. The lowest BCUT2D eigenvalue weighted by atomic mass is 9.80. The molecular formula is C16H25NO2. The summed E-state index contributed by atoms with van der Waals surface area (Å²) in [6, 6.07) is 10.6. The SMILES string of the molecule is CC(NCC(O)COCc1ccccc1)C1CCC1. The van der Waals surface area contributed by atoms with E-state index < -0.39 is 6.10 Å². The minimum absolute atomic E-state index is 0.388. The molecule has 0 heterocycles. The predicted molar refractivity (Wildman–Crippen MR) is 76.9 cm³/mol. The molecule has 2 atom stereocenters. The maximum atomic E-state index is 9.86.